The average Bonchev–Trinajstić information content (AvgIpc) is 4.01. The van der Waals surface area contributed by atoms with E-state index in [0.29, 0.717) is 11.8 Å². The standard InChI is InChI=1S/2C24H29Si.C3H4F3.CH3.2ClH.H2Si.Zr/c2*1-25(2,3)22-13-11-20(12-14-22)23-10-6-9-21-16-19(17-24(21)23)15-18-7-4-5-8-18;1-2-3(4,5)6;;;;;/h2*6,9-14,16-18H,4-5,7-8,15H2,1-3H3;1-2H2;1H3;2*1H;1H2;. The molecule has 0 nitrogen and oxygen atoms in total. The molecule has 0 saturated heterocycles. The number of hydrogen-bond donors (Lipinski definition) is 0. The molecule has 2 saturated carbocycles. The summed E-state index contributed by atoms with van der Waals surface area (Å²) in [6.45, 7) is 16.5. The Balaban J connectivity index is 0.00000311. The van der Waals surface area contributed by atoms with Gasteiger partial charge in [0, 0.05) is 0 Å². The second kappa shape index (κ2) is 18.3. The molecule has 0 aliphatic heterocycles. The van der Waals surface area contributed by atoms with Crippen molar-refractivity contribution in [1.29, 1.82) is 0 Å². The van der Waals surface area contributed by atoms with Gasteiger partial charge >= 0.3 is 361 Å². The van der Waals surface area contributed by atoms with E-state index in [-0.39, 0.29) is 36.2 Å². The maximum absolute atomic E-state index is 15.0. The Kier molecular flexibility index (Phi) is 14.6. The maximum Gasteiger partial charge on any atom is -0.147 e. The van der Waals surface area contributed by atoms with Crippen LogP contribution in [-0.2, 0) is 17.4 Å². The number of alkyl halides is 3. The summed E-state index contributed by atoms with van der Waals surface area (Å²) in [5.74, 6) is 1.22. The SMILES string of the molecule is C[Si](C)(C)c1ccc(-c2cccc3c2C=C(CC2CCCC2)[CH]3[Zr]([CH3])(=[SiH2])([CH2]CC(F)(F)F)[CH]2C(CC3CCCC3)=Cc3c(-c4ccc([Si](C)(C)C)cc4)cccc32)cc1.Cl.Cl. The molecule has 4 aromatic rings. The molecule has 0 spiro atoms. The molecule has 328 valence electrons. The van der Waals surface area contributed by atoms with Crippen LogP contribution in [0.25, 0.3) is 34.4 Å². The summed E-state index contributed by atoms with van der Waals surface area (Å²) in [6.07, 6.45) is 12.1. The number of halogens is 5. The van der Waals surface area contributed by atoms with Crippen molar-refractivity contribution in [2.75, 3.05) is 0 Å². The molecule has 8 rings (SSSR count). The predicted octanol–water partition coefficient (Wildman–Crippen LogP) is 15.3. The van der Waals surface area contributed by atoms with Gasteiger partial charge < -0.3 is 0 Å². The van der Waals surface area contributed by atoms with Crippen molar-refractivity contribution in [1.82, 2.24) is 0 Å². The van der Waals surface area contributed by atoms with Crippen LogP contribution in [0.3, 0.4) is 0 Å². The molecule has 0 bridgehead atoms. The summed E-state index contributed by atoms with van der Waals surface area (Å²) in [5.41, 5.74) is 13.0. The van der Waals surface area contributed by atoms with Gasteiger partial charge in [-0.05, 0) is 0 Å². The minimum Gasteiger partial charge on any atom is -0.147 e. The van der Waals surface area contributed by atoms with Crippen molar-refractivity contribution in [2.45, 2.75) is 132 Å². The molecule has 61 heavy (non-hydrogen) atoms. The molecule has 2 unspecified atom stereocenters. The first-order chi connectivity index (χ1) is 27.8. The molecule has 0 N–H and O–H groups in total. The van der Waals surface area contributed by atoms with Crippen LogP contribution in [0, 0.1) is 11.8 Å². The number of hydrogen-bond acceptors (Lipinski definition) is 0. The van der Waals surface area contributed by atoms with Crippen molar-refractivity contribution < 1.29 is 30.6 Å². The zero-order valence-electron chi connectivity index (χ0n) is 37.7. The molecule has 4 aliphatic carbocycles. The fourth-order valence-corrected chi connectivity index (χ4v) is 38.2. The molecular formula is C52H69Cl2F3Si3Zr. The van der Waals surface area contributed by atoms with Crippen LogP contribution in [0.1, 0.15) is 100 Å². The van der Waals surface area contributed by atoms with Gasteiger partial charge in [-0.3, -0.25) is 0 Å². The van der Waals surface area contributed by atoms with E-state index in [1.807, 2.05) is 0 Å². The van der Waals surface area contributed by atoms with Crippen molar-refractivity contribution in [3.05, 3.63) is 118 Å². The molecule has 9 heteroatoms. The van der Waals surface area contributed by atoms with Crippen LogP contribution < -0.4 is 10.4 Å². The normalized spacial score (nSPS) is 19.9. The summed E-state index contributed by atoms with van der Waals surface area (Å²) in [6, 6.07) is 32.2. The Morgan fingerprint density at radius 2 is 0.934 bits per heavy atom. The summed E-state index contributed by atoms with van der Waals surface area (Å²) in [7, 11) is -2.96. The van der Waals surface area contributed by atoms with E-state index in [1.54, 1.807) is 0 Å². The fraction of sp³-hybridized carbons (Fsp3) is 0.462. The van der Waals surface area contributed by atoms with Gasteiger partial charge in [0.05, 0.1) is 0 Å². The third-order valence-electron chi connectivity index (χ3n) is 15.3. The van der Waals surface area contributed by atoms with E-state index in [2.05, 4.69) is 148 Å². The van der Waals surface area contributed by atoms with Gasteiger partial charge in [-0.1, -0.05) is 0 Å². The van der Waals surface area contributed by atoms with Crippen LogP contribution in [0.5, 0.6) is 0 Å². The monoisotopic (exact) mass is 994 g/mol. The fourth-order valence-electron chi connectivity index (χ4n) is 12.2. The van der Waals surface area contributed by atoms with Gasteiger partial charge in [0.25, 0.3) is 0 Å². The van der Waals surface area contributed by atoms with Crippen molar-refractivity contribution in [3.63, 3.8) is 0 Å². The molecule has 2 atom stereocenters. The topological polar surface area (TPSA) is 0 Å². The van der Waals surface area contributed by atoms with Gasteiger partial charge in [-0.25, -0.2) is 0 Å². The Labute approximate surface area is 382 Å². The summed E-state index contributed by atoms with van der Waals surface area (Å²) in [5, 5.41) is 2.89. The van der Waals surface area contributed by atoms with Crippen LogP contribution in [0.4, 0.5) is 13.2 Å². The van der Waals surface area contributed by atoms with Gasteiger partial charge in [0.1, 0.15) is 0 Å². The number of rotatable bonds is 12. The van der Waals surface area contributed by atoms with E-state index < -0.39 is 46.1 Å². The average molecular weight is 998 g/mol. The van der Waals surface area contributed by atoms with E-state index in [4.69, 9.17) is 0 Å². The Morgan fingerprint density at radius 1 is 0.574 bits per heavy atom. The smallest absolute Gasteiger partial charge is 0.147 e. The van der Waals surface area contributed by atoms with Crippen molar-refractivity contribution in [3.8, 4) is 22.3 Å². The largest absolute Gasteiger partial charge is 0.147 e. The van der Waals surface area contributed by atoms with Gasteiger partial charge in [0.2, 0.25) is 0 Å². The van der Waals surface area contributed by atoms with Crippen LogP contribution in [0.2, 0.25) is 48.0 Å². The van der Waals surface area contributed by atoms with Crippen LogP contribution >= 0.6 is 24.8 Å². The second-order valence-electron chi connectivity index (χ2n) is 21.9. The second-order valence-corrected chi connectivity index (χ2v) is 60.5. The Bertz CT molecular complexity index is 2190. The Hall–Kier alpha value is -1.74. The van der Waals surface area contributed by atoms with Gasteiger partial charge in [-0.15, -0.1) is 24.8 Å². The van der Waals surface area contributed by atoms with E-state index in [1.165, 1.54) is 117 Å². The molecule has 4 aromatic carbocycles. The minimum atomic E-state index is -4.79. The van der Waals surface area contributed by atoms with E-state index in [0.717, 1.165) is 12.8 Å². The first-order valence-corrected chi connectivity index (χ1v) is 42.8. The number of allylic oxidation sites excluding steroid dienone is 2. The Morgan fingerprint density at radius 3 is 1.26 bits per heavy atom. The van der Waals surface area contributed by atoms with E-state index in [9.17, 15) is 13.2 Å². The molecule has 2 fully saturated rings. The third-order valence-corrected chi connectivity index (χ3v) is 42.3. The molecular weight excluding hydrogens is 928 g/mol. The van der Waals surface area contributed by atoms with Crippen LogP contribution in [-0.4, -0.2) is 29.2 Å². The first-order valence-electron chi connectivity index (χ1n) is 22.8. The van der Waals surface area contributed by atoms with Crippen molar-refractivity contribution >= 4 is 70.4 Å². The molecule has 0 aromatic heterocycles. The third kappa shape index (κ3) is 9.93. The quantitative estimate of drug-likeness (QED) is 0.124. The van der Waals surface area contributed by atoms with Crippen LogP contribution in [0.15, 0.2) is 96.1 Å². The molecule has 0 heterocycles. The summed E-state index contributed by atoms with van der Waals surface area (Å²) < 4.78 is 47.9. The van der Waals surface area contributed by atoms with Crippen molar-refractivity contribution in [2.24, 2.45) is 11.8 Å². The van der Waals surface area contributed by atoms with Gasteiger partial charge in [-0.2, -0.15) is 0 Å². The first kappa shape index (κ1) is 48.7. The molecule has 0 radical (unpaired) electrons. The maximum atomic E-state index is 15.0. The van der Waals surface area contributed by atoms with E-state index >= 15 is 0 Å². The number of benzene rings is 4. The predicted molar refractivity (Wildman–Crippen MR) is 269 cm³/mol. The summed E-state index contributed by atoms with van der Waals surface area (Å²) in [4.78, 5) is 0. The zero-order chi connectivity index (χ0) is 42.0. The minimum absolute atomic E-state index is 0. The molecule has 4 aliphatic rings. The molecule has 0 amide bonds. The summed E-state index contributed by atoms with van der Waals surface area (Å²) >= 11 is -4.79. The van der Waals surface area contributed by atoms with Gasteiger partial charge in [0.15, 0.2) is 0 Å². The number of fused-ring (bicyclic) bond motifs is 2. The zero-order valence-corrected chi connectivity index (χ0v) is 45.2.